The zero-order chi connectivity index (χ0) is 31.3. The van der Waals surface area contributed by atoms with Crippen molar-refractivity contribution >= 4 is 33.3 Å². The summed E-state index contributed by atoms with van der Waals surface area (Å²) in [7, 11) is -2.33. The first-order chi connectivity index (χ1) is 20.4. The monoisotopic (exact) mass is 612 g/mol. The number of anilines is 2. The molecule has 1 aliphatic heterocycles. The van der Waals surface area contributed by atoms with E-state index in [-0.39, 0.29) is 42.8 Å². The molecule has 0 saturated carbocycles. The number of hydrogen-bond donors (Lipinski definition) is 3. The molecule has 0 spiro atoms. The lowest BCUT2D eigenvalue weighted by atomic mass is 10.0. The van der Waals surface area contributed by atoms with Gasteiger partial charge in [0.05, 0.1) is 30.5 Å². The first-order valence-electron chi connectivity index (χ1n) is 13.9. The smallest absolute Gasteiger partial charge is 0.323 e. The van der Waals surface area contributed by atoms with Gasteiger partial charge in [0, 0.05) is 36.4 Å². The molecule has 0 aliphatic carbocycles. The quantitative estimate of drug-likeness (QED) is 0.349. The summed E-state index contributed by atoms with van der Waals surface area (Å²) in [6, 6.07) is 15.8. The second kappa shape index (κ2) is 13.5. The number of aryl methyl sites for hydroxylation is 1. The molecule has 0 aromatic heterocycles. The highest BCUT2D eigenvalue weighted by molar-refractivity contribution is 7.89. The second-order valence-corrected chi connectivity index (χ2v) is 12.9. The van der Waals surface area contributed by atoms with Crippen LogP contribution in [-0.4, -0.2) is 73.6 Å². The van der Waals surface area contributed by atoms with E-state index in [4.69, 9.17) is 4.74 Å². The minimum atomic E-state index is -3.82. The molecule has 230 valence electrons. The van der Waals surface area contributed by atoms with Gasteiger partial charge in [-0.1, -0.05) is 24.6 Å². The van der Waals surface area contributed by atoms with E-state index in [0.29, 0.717) is 22.7 Å². The number of urea groups is 1. The Hall–Kier alpha value is -4.00. The van der Waals surface area contributed by atoms with Crippen LogP contribution in [0.5, 0.6) is 5.75 Å². The Balaban J connectivity index is 1.61. The summed E-state index contributed by atoms with van der Waals surface area (Å²) in [6.07, 6.45) is -0.713. The van der Waals surface area contributed by atoms with Crippen LogP contribution in [-0.2, 0) is 21.2 Å². The van der Waals surface area contributed by atoms with Gasteiger partial charge >= 0.3 is 6.03 Å². The van der Waals surface area contributed by atoms with Crippen LogP contribution >= 0.6 is 0 Å². The number of amides is 3. The van der Waals surface area contributed by atoms with E-state index >= 15 is 0 Å². The van der Waals surface area contributed by atoms with Crippen LogP contribution in [0.25, 0.3) is 0 Å². The number of sulfonamides is 1. The maximum absolute atomic E-state index is 13.5. The molecule has 3 aromatic carbocycles. The Bertz CT molecular complexity index is 1550. The number of likely N-dealkylation sites (N-methyl/N-ethyl adjacent to an activating group) is 1. The van der Waals surface area contributed by atoms with E-state index in [1.165, 1.54) is 35.6 Å². The molecule has 43 heavy (non-hydrogen) atoms. The molecule has 1 aliphatic rings. The van der Waals surface area contributed by atoms with Crippen molar-refractivity contribution < 1.29 is 32.2 Å². The molecule has 0 saturated heterocycles. The summed E-state index contributed by atoms with van der Waals surface area (Å²) in [6.45, 7) is 5.50. The van der Waals surface area contributed by atoms with Crippen LogP contribution < -0.4 is 15.4 Å². The van der Waals surface area contributed by atoms with E-state index in [0.717, 1.165) is 5.56 Å². The van der Waals surface area contributed by atoms with Gasteiger partial charge in [-0.2, -0.15) is 4.31 Å². The number of aliphatic hydroxyl groups excluding tert-OH is 1. The average molecular weight is 613 g/mol. The molecular weight excluding hydrogens is 575 g/mol. The van der Waals surface area contributed by atoms with Crippen LogP contribution in [0.3, 0.4) is 0 Å². The van der Waals surface area contributed by atoms with Gasteiger partial charge in [0.2, 0.25) is 15.9 Å². The SMILES string of the molecule is Cc1ccc(S(=O)(=O)N(C)C[C@H]2Oc3ccc(NC(=O)Nc4ccc(F)cc4)cc3CC(=O)N([C@H](C)CO)C[C@H]2C)cc1. The van der Waals surface area contributed by atoms with E-state index < -0.39 is 34.0 Å². The highest BCUT2D eigenvalue weighted by Crippen LogP contribution is 2.30. The Morgan fingerprint density at radius 2 is 1.72 bits per heavy atom. The van der Waals surface area contributed by atoms with Gasteiger partial charge in [-0.3, -0.25) is 4.79 Å². The summed E-state index contributed by atoms with van der Waals surface area (Å²) in [4.78, 5) is 27.8. The lowest BCUT2D eigenvalue weighted by Crippen LogP contribution is -2.48. The average Bonchev–Trinajstić information content (AvgIpc) is 3.01. The standard InChI is InChI=1S/C31H37FN4O6S/c1-20-5-12-27(13-6-20)43(40,41)35(4)18-29-21(2)17-36(22(3)19-37)30(38)16-23-15-26(11-14-28(23)42-29)34-31(39)33-25-9-7-24(32)8-10-25/h5-15,21-22,29,37H,16-19H2,1-4H3,(H2,33,34,39)/t21-,22-,29-/m1/s1. The van der Waals surface area contributed by atoms with E-state index in [1.54, 1.807) is 54.3 Å². The second-order valence-electron chi connectivity index (χ2n) is 10.9. The molecule has 4 rings (SSSR count). The molecule has 3 atom stereocenters. The fourth-order valence-corrected chi connectivity index (χ4v) is 5.98. The van der Waals surface area contributed by atoms with Gasteiger partial charge < -0.3 is 25.4 Å². The third-order valence-corrected chi connectivity index (χ3v) is 9.28. The van der Waals surface area contributed by atoms with Crippen LogP contribution in [0.1, 0.15) is 25.0 Å². The van der Waals surface area contributed by atoms with E-state index in [2.05, 4.69) is 10.6 Å². The highest BCUT2D eigenvalue weighted by Gasteiger charge is 2.33. The van der Waals surface area contributed by atoms with Gasteiger partial charge in [0.15, 0.2) is 0 Å². The molecule has 0 unspecified atom stereocenters. The molecule has 10 nitrogen and oxygen atoms in total. The van der Waals surface area contributed by atoms with E-state index in [1.807, 2.05) is 13.8 Å². The number of rotatable bonds is 8. The summed E-state index contributed by atoms with van der Waals surface area (Å²) in [5.41, 5.74) is 2.22. The molecule has 3 N–H and O–H groups in total. The van der Waals surface area contributed by atoms with Crippen molar-refractivity contribution in [3.8, 4) is 5.75 Å². The van der Waals surface area contributed by atoms with Crippen molar-refractivity contribution in [1.29, 1.82) is 0 Å². The third-order valence-electron chi connectivity index (χ3n) is 7.44. The Morgan fingerprint density at radius 3 is 2.37 bits per heavy atom. The van der Waals surface area contributed by atoms with Crippen molar-refractivity contribution in [2.75, 3.05) is 37.4 Å². The van der Waals surface area contributed by atoms with Crippen LogP contribution in [0.15, 0.2) is 71.6 Å². The number of carbonyl (C=O) groups is 2. The van der Waals surface area contributed by atoms with Crippen LogP contribution in [0.2, 0.25) is 0 Å². The number of hydrogen-bond acceptors (Lipinski definition) is 6. The van der Waals surface area contributed by atoms with Crippen molar-refractivity contribution in [2.24, 2.45) is 5.92 Å². The fraction of sp³-hybridized carbons (Fsp3) is 0.355. The Labute approximate surface area is 251 Å². The largest absolute Gasteiger partial charge is 0.488 e. The Morgan fingerprint density at radius 1 is 1.09 bits per heavy atom. The summed E-state index contributed by atoms with van der Waals surface area (Å²) < 4.78 is 47.6. The molecule has 3 aromatic rings. The maximum Gasteiger partial charge on any atom is 0.323 e. The summed E-state index contributed by atoms with van der Waals surface area (Å²) >= 11 is 0. The fourth-order valence-electron chi connectivity index (χ4n) is 4.79. The topological polar surface area (TPSA) is 128 Å². The van der Waals surface area contributed by atoms with Gasteiger partial charge in [-0.05, 0) is 68.4 Å². The minimum Gasteiger partial charge on any atom is -0.488 e. The van der Waals surface area contributed by atoms with Crippen molar-refractivity contribution in [3.05, 3.63) is 83.7 Å². The lowest BCUT2D eigenvalue weighted by Gasteiger charge is -2.33. The molecule has 0 bridgehead atoms. The maximum atomic E-state index is 13.5. The third kappa shape index (κ3) is 7.89. The lowest BCUT2D eigenvalue weighted by molar-refractivity contribution is -0.134. The predicted molar refractivity (Wildman–Crippen MR) is 162 cm³/mol. The van der Waals surface area contributed by atoms with Gasteiger partial charge in [-0.25, -0.2) is 17.6 Å². The molecule has 1 heterocycles. The zero-order valence-corrected chi connectivity index (χ0v) is 25.4. The normalized spacial score (nSPS) is 18.1. The van der Waals surface area contributed by atoms with Crippen molar-refractivity contribution in [1.82, 2.24) is 9.21 Å². The number of fused-ring (bicyclic) bond motifs is 1. The van der Waals surface area contributed by atoms with E-state index in [9.17, 15) is 27.5 Å². The van der Waals surface area contributed by atoms with Gasteiger partial charge in [0.25, 0.3) is 0 Å². The first-order valence-corrected chi connectivity index (χ1v) is 15.4. The number of nitrogens with zero attached hydrogens (tertiary/aromatic N) is 2. The minimum absolute atomic E-state index is 0.00638. The highest BCUT2D eigenvalue weighted by atomic mass is 32.2. The first kappa shape index (κ1) is 31.9. The number of carbonyl (C=O) groups excluding carboxylic acids is 2. The van der Waals surface area contributed by atoms with Crippen LogP contribution in [0.4, 0.5) is 20.6 Å². The van der Waals surface area contributed by atoms with Gasteiger partial charge in [-0.15, -0.1) is 0 Å². The zero-order valence-electron chi connectivity index (χ0n) is 24.6. The predicted octanol–water partition coefficient (Wildman–Crippen LogP) is 4.25. The molecule has 0 radical (unpaired) electrons. The number of aliphatic hydroxyl groups is 1. The van der Waals surface area contributed by atoms with Crippen molar-refractivity contribution in [3.63, 3.8) is 0 Å². The van der Waals surface area contributed by atoms with Gasteiger partial charge in [0.1, 0.15) is 17.7 Å². The molecule has 3 amide bonds. The molecular formula is C31H37FN4O6S. The van der Waals surface area contributed by atoms with Crippen molar-refractivity contribution in [2.45, 2.75) is 44.2 Å². The Kier molecular flexibility index (Phi) is 10.0. The summed E-state index contributed by atoms with van der Waals surface area (Å²) in [5.74, 6) is -0.593. The summed E-state index contributed by atoms with van der Waals surface area (Å²) in [5, 5.41) is 15.2. The number of ether oxygens (including phenoxy) is 1. The number of halogens is 1. The van der Waals surface area contributed by atoms with Crippen LogP contribution in [0, 0.1) is 18.7 Å². The molecule has 0 fully saturated rings. The number of nitrogens with one attached hydrogen (secondary N) is 2. The number of benzene rings is 3. The molecule has 12 heteroatoms.